The van der Waals surface area contributed by atoms with Crippen molar-refractivity contribution in [2.75, 3.05) is 36.8 Å². The first kappa shape index (κ1) is 25.9. The summed E-state index contributed by atoms with van der Waals surface area (Å²) in [6.45, 7) is 6.20. The SMILES string of the molecule is Cn1c(SCCCN2C[C@@H]3N(c4ccc(C(F)(F)F)cc4)CC[C@]3(C)C2)nnc1C1CCC(O)CC1. The number of aliphatic hydroxyl groups excluding tert-OH is 1. The van der Waals surface area contributed by atoms with Gasteiger partial charge in [0.1, 0.15) is 5.82 Å². The third-order valence-electron chi connectivity index (χ3n) is 8.43. The molecule has 5 rings (SSSR count). The minimum Gasteiger partial charge on any atom is -0.393 e. The van der Waals surface area contributed by atoms with Gasteiger partial charge in [0.05, 0.1) is 11.7 Å². The standard InChI is InChI=1S/C26H36F3N5OS/c1-25-12-14-34(20-8-6-19(7-9-20)26(27,28)29)22(25)16-33(17-25)13-3-15-36-24-31-30-23(32(24)2)18-4-10-21(35)11-5-18/h6-9,18,21-22,35H,3-5,10-17H2,1-2H3/t18?,21?,22-,25+/m0/s1. The van der Waals surface area contributed by atoms with Crippen molar-refractivity contribution < 1.29 is 18.3 Å². The largest absolute Gasteiger partial charge is 0.416 e. The number of hydrogen-bond acceptors (Lipinski definition) is 6. The maximum Gasteiger partial charge on any atom is 0.416 e. The Labute approximate surface area is 215 Å². The molecule has 1 aromatic carbocycles. The van der Waals surface area contributed by atoms with E-state index in [1.54, 1.807) is 23.9 Å². The molecule has 2 saturated heterocycles. The molecule has 0 unspecified atom stereocenters. The van der Waals surface area contributed by atoms with E-state index in [1.165, 1.54) is 12.1 Å². The molecule has 3 fully saturated rings. The monoisotopic (exact) mass is 523 g/mol. The normalized spacial score (nSPS) is 29.2. The number of aliphatic hydroxyl groups is 1. The first-order valence-corrected chi connectivity index (χ1v) is 14.0. The van der Waals surface area contributed by atoms with Gasteiger partial charge < -0.3 is 19.5 Å². The van der Waals surface area contributed by atoms with E-state index in [9.17, 15) is 18.3 Å². The first-order valence-electron chi connectivity index (χ1n) is 13.0. The molecule has 2 atom stereocenters. The summed E-state index contributed by atoms with van der Waals surface area (Å²) in [6, 6.07) is 5.98. The van der Waals surface area contributed by atoms with E-state index >= 15 is 0 Å². The average Bonchev–Trinajstić information content (AvgIpc) is 3.47. The molecule has 1 N–H and O–H groups in total. The lowest BCUT2D eigenvalue weighted by Gasteiger charge is -2.30. The smallest absolute Gasteiger partial charge is 0.393 e. The van der Waals surface area contributed by atoms with E-state index in [0.29, 0.717) is 12.0 Å². The lowest BCUT2D eigenvalue weighted by Crippen LogP contribution is -2.37. The summed E-state index contributed by atoms with van der Waals surface area (Å²) in [6.07, 6.45) is 1.25. The molecule has 6 nitrogen and oxygen atoms in total. The summed E-state index contributed by atoms with van der Waals surface area (Å²) in [5.74, 6) is 2.39. The van der Waals surface area contributed by atoms with Crippen LogP contribution < -0.4 is 4.90 Å². The number of fused-ring (bicyclic) bond motifs is 1. The molecule has 10 heteroatoms. The van der Waals surface area contributed by atoms with Crippen molar-refractivity contribution in [2.45, 2.75) is 74.8 Å². The van der Waals surface area contributed by atoms with Gasteiger partial charge in [-0.15, -0.1) is 10.2 Å². The second-order valence-corrected chi connectivity index (χ2v) is 12.1. The molecular weight excluding hydrogens is 487 g/mol. The maximum absolute atomic E-state index is 13.0. The molecule has 3 aliphatic rings. The summed E-state index contributed by atoms with van der Waals surface area (Å²) in [5.41, 5.74) is 0.466. The summed E-state index contributed by atoms with van der Waals surface area (Å²) in [7, 11) is 2.04. The fourth-order valence-electron chi connectivity index (χ4n) is 6.31. The minimum atomic E-state index is -4.30. The van der Waals surface area contributed by atoms with Crippen LogP contribution in [-0.4, -0.2) is 68.8 Å². The maximum atomic E-state index is 13.0. The van der Waals surface area contributed by atoms with Crippen LogP contribution in [0.15, 0.2) is 29.4 Å². The molecular formula is C26H36F3N5OS. The van der Waals surface area contributed by atoms with Crippen LogP contribution >= 0.6 is 11.8 Å². The van der Waals surface area contributed by atoms with Gasteiger partial charge >= 0.3 is 6.18 Å². The number of halogens is 3. The van der Waals surface area contributed by atoms with E-state index in [0.717, 1.165) is 87.1 Å². The predicted octanol–water partition coefficient (Wildman–Crippen LogP) is 4.94. The zero-order valence-electron chi connectivity index (χ0n) is 21.0. The number of benzene rings is 1. The summed E-state index contributed by atoms with van der Waals surface area (Å²) >= 11 is 1.75. The van der Waals surface area contributed by atoms with Crippen LogP contribution in [0.3, 0.4) is 0 Å². The van der Waals surface area contributed by atoms with Crippen LogP contribution in [0.1, 0.15) is 62.8 Å². The third kappa shape index (κ3) is 5.27. The predicted molar refractivity (Wildman–Crippen MR) is 135 cm³/mol. The Morgan fingerprint density at radius 3 is 2.53 bits per heavy atom. The van der Waals surface area contributed by atoms with Crippen LogP contribution in [0, 0.1) is 5.41 Å². The van der Waals surface area contributed by atoms with Crippen LogP contribution in [0.5, 0.6) is 0 Å². The quantitative estimate of drug-likeness (QED) is 0.410. The number of alkyl halides is 3. The Morgan fingerprint density at radius 2 is 1.83 bits per heavy atom. The molecule has 0 radical (unpaired) electrons. The Hall–Kier alpha value is -1.78. The van der Waals surface area contributed by atoms with Crippen molar-refractivity contribution in [3.8, 4) is 0 Å². The summed E-state index contributed by atoms with van der Waals surface area (Å²) in [5, 5.41) is 19.6. The summed E-state index contributed by atoms with van der Waals surface area (Å²) < 4.78 is 41.0. The molecule has 2 aromatic rings. The number of hydrogen-bond donors (Lipinski definition) is 1. The zero-order valence-corrected chi connectivity index (χ0v) is 21.9. The topological polar surface area (TPSA) is 57.4 Å². The number of thioether (sulfide) groups is 1. The van der Waals surface area contributed by atoms with Gasteiger partial charge in [-0.3, -0.25) is 0 Å². The molecule has 198 valence electrons. The number of likely N-dealkylation sites (tertiary alicyclic amines) is 1. The molecule has 0 amide bonds. The Morgan fingerprint density at radius 1 is 1.11 bits per heavy atom. The Balaban J connectivity index is 1.11. The summed E-state index contributed by atoms with van der Waals surface area (Å²) in [4.78, 5) is 4.82. The number of rotatable bonds is 7. The van der Waals surface area contributed by atoms with Gasteiger partial charge in [-0.05, 0) is 69.3 Å². The molecule has 1 aliphatic carbocycles. The molecule has 1 aromatic heterocycles. The minimum absolute atomic E-state index is 0.169. The van der Waals surface area contributed by atoms with Gasteiger partial charge in [-0.25, -0.2) is 0 Å². The Bertz CT molecular complexity index is 1040. The van der Waals surface area contributed by atoms with Gasteiger partial charge in [0.25, 0.3) is 0 Å². The molecule has 0 spiro atoms. The second-order valence-electron chi connectivity index (χ2n) is 11.0. The number of anilines is 1. The van der Waals surface area contributed by atoms with Crippen molar-refractivity contribution in [3.63, 3.8) is 0 Å². The van der Waals surface area contributed by atoms with E-state index in [2.05, 4.69) is 31.5 Å². The van der Waals surface area contributed by atoms with Crippen molar-refractivity contribution in [3.05, 3.63) is 35.7 Å². The molecule has 36 heavy (non-hydrogen) atoms. The van der Waals surface area contributed by atoms with E-state index in [-0.39, 0.29) is 11.5 Å². The fraction of sp³-hybridized carbons (Fsp3) is 0.692. The number of aromatic nitrogens is 3. The highest BCUT2D eigenvalue weighted by atomic mass is 32.2. The van der Waals surface area contributed by atoms with Crippen LogP contribution in [0.4, 0.5) is 18.9 Å². The zero-order chi connectivity index (χ0) is 25.5. The van der Waals surface area contributed by atoms with Gasteiger partial charge in [0.2, 0.25) is 0 Å². The molecule has 1 saturated carbocycles. The first-order chi connectivity index (χ1) is 17.1. The highest BCUT2D eigenvalue weighted by molar-refractivity contribution is 7.99. The van der Waals surface area contributed by atoms with Crippen molar-refractivity contribution in [1.82, 2.24) is 19.7 Å². The second kappa shape index (κ2) is 10.2. The van der Waals surface area contributed by atoms with E-state index < -0.39 is 11.7 Å². The Kier molecular flexibility index (Phi) is 7.31. The average molecular weight is 524 g/mol. The molecule has 2 aliphatic heterocycles. The van der Waals surface area contributed by atoms with E-state index in [4.69, 9.17) is 0 Å². The van der Waals surface area contributed by atoms with Crippen LogP contribution in [0.2, 0.25) is 0 Å². The lowest BCUT2D eigenvalue weighted by molar-refractivity contribution is -0.137. The van der Waals surface area contributed by atoms with Gasteiger partial charge in [0, 0.05) is 55.5 Å². The van der Waals surface area contributed by atoms with Gasteiger partial charge in [-0.2, -0.15) is 13.2 Å². The van der Waals surface area contributed by atoms with Gasteiger partial charge in [-0.1, -0.05) is 18.7 Å². The van der Waals surface area contributed by atoms with Crippen molar-refractivity contribution in [2.24, 2.45) is 12.5 Å². The number of nitrogens with zero attached hydrogens (tertiary/aromatic N) is 5. The van der Waals surface area contributed by atoms with Crippen molar-refractivity contribution in [1.29, 1.82) is 0 Å². The third-order valence-corrected chi connectivity index (χ3v) is 9.53. The fourth-order valence-corrected chi connectivity index (χ4v) is 7.15. The van der Waals surface area contributed by atoms with E-state index in [1.807, 2.05) is 7.05 Å². The molecule has 0 bridgehead atoms. The lowest BCUT2D eigenvalue weighted by atomic mass is 9.85. The highest BCUT2D eigenvalue weighted by Crippen LogP contribution is 2.45. The van der Waals surface area contributed by atoms with Crippen LogP contribution in [-0.2, 0) is 13.2 Å². The van der Waals surface area contributed by atoms with Crippen LogP contribution in [0.25, 0.3) is 0 Å². The highest BCUT2D eigenvalue weighted by Gasteiger charge is 2.50. The molecule has 3 heterocycles. The van der Waals surface area contributed by atoms with Gasteiger partial charge in [0.15, 0.2) is 5.16 Å². The van der Waals surface area contributed by atoms with Crippen molar-refractivity contribution >= 4 is 17.4 Å².